The van der Waals surface area contributed by atoms with E-state index in [1.165, 1.54) is 22.2 Å². The lowest BCUT2D eigenvalue weighted by Crippen LogP contribution is -2.32. The molecule has 2 aromatic heterocycles. The van der Waals surface area contributed by atoms with Gasteiger partial charge in [-0.3, -0.25) is 14.2 Å². The highest BCUT2D eigenvalue weighted by atomic mass is 35.5. The summed E-state index contributed by atoms with van der Waals surface area (Å²) in [6, 6.07) is 10.7. The van der Waals surface area contributed by atoms with Crippen LogP contribution in [0.5, 0.6) is 0 Å². The SMILES string of the molecule is Cc1cc(C)c(NC(=O)C(C)n2cnc3sc(C)c(-c4ccc(Cl)cc4)c3c2=O)c(C)c1. The molecule has 1 N–H and O–H groups in total. The van der Waals surface area contributed by atoms with E-state index >= 15 is 0 Å². The number of benzene rings is 2. The number of hydrogen-bond acceptors (Lipinski definition) is 4. The highest BCUT2D eigenvalue weighted by Gasteiger charge is 2.22. The lowest BCUT2D eigenvalue weighted by atomic mass is 10.0. The summed E-state index contributed by atoms with van der Waals surface area (Å²) in [6.45, 7) is 9.64. The maximum atomic E-state index is 13.5. The van der Waals surface area contributed by atoms with Crippen molar-refractivity contribution in [1.29, 1.82) is 0 Å². The minimum absolute atomic E-state index is 0.232. The molecule has 1 unspecified atom stereocenters. The second kappa shape index (κ2) is 8.52. The second-order valence-corrected chi connectivity index (χ2v) is 9.76. The standard InChI is InChI=1S/C25H24ClN3O2S/c1-13-10-14(2)22(15(3)11-13)28-23(30)16(4)29-12-27-24-21(25(29)31)20(17(5)32-24)18-6-8-19(26)9-7-18/h6-12,16H,1-5H3,(H,28,30). The molecule has 7 heteroatoms. The summed E-state index contributed by atoms with van der Waals surface area (Å²) in [4.78, 5) is 32.7. The van der Waals surface area contributed by atoms with Crippen LogP contribution >= 0.6 is 22.9 Å². The Bertz CT molecular complexity index is 1380. The second-order valence-electron chi connectivity index (χ2n) is 8.12. The molecule has 4 rings (SSSR count). The van der Waals surface area contributed by atoms with Gasteiger partial charge in [0.25, 0.3) is 5.56 Å². The van der Waals surface area contributed by atoms with Gasteiger partial charge in [0.15, 0.2) is 0 Å². The largest absolute Gasteiger partial charge is 0.324 e. The minimum atomic E-state index is -0.724. The molecular weight excluding hydrogens is 442 g/mol. The Kier molecular flexibility index (Phi) is 5.93. The van der Waals surface area contributed by atoms with Crippen LogP contribution in [-0.4, -0.2) is 15.5 Å². The number of amides is 1. The zero-order valence-corrected chi connectivity index (χ0v) is 20.2. The number of carbonyl (C=O) groups is 1. The number of thiophene rings is 1. The normalized spacial score (nSPS) is 12.2. The summed E-state index contributed by atoms with van der Waals surface area (Å²) in [6.07, 6.45) is 1.46. The van der Waals surface area contributed by atoms with E-state index in [0.29, 0.717) is 15.2 Å². The van der Waals surface area contributed by atoms with E-state index in [9.17, 15) is 9.59 Å². The molecule has 1 atom stereocenters. The first-order valence-corrected chi connectivity index (χ1v) is 11.5. The number of halogens is 1. The predicted molar refractivity (Wildman–Crippen MR) is 133 cm³/mol. The molecule has 164 valence electrons. The smallest absolute Gasteiger partial charge is 0.263 e. The maximum absolute atomic E-state index is 13.5. The van der Waals surface area contributed by atoms with E-state index in [0.717, 1.165) is 38.4 Å². The highest BCUT2D eigenvalue weighted by molar-refractivity contribution is 7.19. The van der Waals surface area contributed by atoms with Gasteiger partial charge >= 0.3 is 0 Å². The van der Waals surface area contributed by atoms with Crippen molar-refractivity contribution in [3.8, 4) is 11.1 Å². The van der Waals surface area contributed by atoms with Gasteiger partial charge in [-0.15, -0.1) is 11.3 Å². The third kappa shape index (κ3) is 3.96. The minimum Gasteiger partial charge on any atom is -0.324 e. The van der Waals surface area contributed by atoms with Crippen LogP contribution in [0, 0.1) is 27.7 Å². The number of carbonyl (C=O) groups excluding carboxylic acids is 1. The lowest BCUT2D eigenvalue weighted by Gasteiger charge is -2.18. The molecule has 2 aromatic carbocycles. The van der Waals surface area contributed by atoms with Gasteiger partial charge in [-0.25, -0.2) is 4.98 Å². The molecule has 0 aliphatic carbocycles. The van der Waals surface area contributed by atoms with Crippen LogP contribution < -0.4 is 10.9 Å². The molecule has 0 saturated carbocycles. The summed E-state index contributed by atoms with van der Waals surface area (Å²) in [5.41, 5.74) is 5.40. The molecular formula is C25H24ClN3O2S. The first-order chi connectivity index (χ1) is 15.2. The maximum Gasteiger partial charge on any atom is 0.263 e. The molecule has 0 bridgehead atoms. The van der Waals surface area contributed by atoms with E-state index in [2.05, 4.69) is 10.3 Å². The van der Waals surface area contributed by atoms with Crippen molar-refractivity contribution in [3.05, 3.63) is 79.7 Å². The number of rotatable bonds is 4. The summed E-state index contributed by atoms with van der Waals surface area (Å²) in [5.74, 6) is -0.261. The topological polar surface area (TPSA) is 64.0 Å². The van der Waals surface area contributed by atoms with Crippen molar-refractivity contribution < 1.29 is 4.79 Å². The fraction of sp³-hybridized carbons (Fsp3) is 0.240. The molecule has 0 aliphatic rings. The quantitative estimate of drug-likeness (QED) is 0.389. The Morgan fingerprint density at radius 2 is 1.72 bits per heavy atom. The number of nitrogens with one attached hydrogen (secondary N) is 1. The van der Waals surface area contributed by atoms with Crippen molar-refractivity contribution in [3.63, 3.8) is 0 Å². The highest BCUT2D eigenvalue weighted by Crippen LogP contribution is 2.36. The number of fused-ring (bicyclic) bond motifs is 1. The number of hydrogen-bond donors (Lipinski definition) is 1. The molecule has 2 heterocycles. The predicted octanol–water partition coefficient (Wildman–Crippen LogP) is 6.21. The van der Waals surface area contributed by atoms with Crippen molar-refractivity contribution in [2.24, 2.45) is 0 Å². The van der Waals surface area contributed by atoms with Crippen LogP contribution in [0.15, 0.2) is 47.5 Å². The van der Waals surface area contributed by atoms with Gasteiger partial charge in [0.1, 0.15) is 10.9 Å². The molecule has 0 aliphatic heterocycles. The monoisotopic (exact) mass is 465 g/mol. The fourth-order valence-corrected chi connectivity index (χ4v) is 5.22. The number of nitrogens with zero attached hydrogens (tertiary/aromatic N) is 2. The Balaban J connectivity index is 1.76. The van der Waals surface area contributed by atoms with E-state index < -0.39 is 6.04 Å². The zero-order chi connectivity index (χ0) is 23.2. The Morgan fingerprint density at radius 3 is 2.34 bits per heavy atom. The van der Waals surface area contributed by atoms with E-state index in [1.807, 2.05) is 52.0 Å². The van der Waals surface area contributed by atoms with Gasteiger partial charge in [0, 0.05) is 21.2 Å². The van der Waals surface area contributed by atoms with Crippen molar-refractivity contribution >= 4 is 44.7 Å². The molecule has 0 saturated heterocycles. The van der Waals surface area contributed by atoms with Gasteiger partial charge in [0.05, 0.1) is 11.7 Å². The summed E-state index contributed by atoms with van der Waals surface area (Å²) < 4.78 is 1.40. The number of aryl methyl sites for hydroxylation is 4. The Morgan fingerprint density at radius 1 is 1.09 bits per heavy atom. The summed E-state index contributed by atoms with van der Waals surface area (Å²) >= 11 is 7.51. The third-order valence-corrected chi connectivity index (χ3v) is 6.93. The number of aromatic nitrogens is 2. The van der Waals surface area contributed by atoms with Crippen LogP contribution in [0.3, 0.4) is 0 Å². The molecule has 4 aromatic rings. The van der Waals surface area contributed by atoms with E-state index in [4.69, 9.17) is 11.6 Å². The van der Waals surface area contributed by atoms with Gasteiger partial charge < -0.3 is 5.32 Å². The first-order valence-electron chi connectivity index (χ1n) is 10.3. The van der Waals surface area contributed by atoms with Crippen molar-refractivity contribution in [1.82, 2.24) is 9.55 Å². The zero-order valence-electron chi connectivity index (χ0n) is 18.6. The van der Waals surface area contributed by atoms with Crippen LogP contribution in [0.4, 0.5) is 5.69 Å². The summed E-state index contributed by atoms with van der Waals surface area (Å²) in [5, 5.41) is 4.16. The van der Waals surface area contributed by atoms with Crippen LogP contribution in [-0.2, 0) is 4.79 Å². The lowest BCUT2D eigenvalue weighted by molar-refractivity contribution is -0.118. The van der Waals surface area contributed by atoms with Crippen molar-refractivity contribution in [2.45, 2.75) is 40.7 Å². The number of anilines is 1. The molecule has 32 heavy (non-hydrogen) atoms. The van der Waals surface area contributed by atoms with Gasteiger partial charge in [-0.1, -0.05) is 41.4 Å². The van der Waals surface area contributed by atoms with Gasteiger partial charge in [-0.2, -0.15) is 0 Å². The van der Waals surface area contributed by atoms with Crippen molar-refractivity contribution in [2.75, 3.05) is 5.32 Å². The van der Waals surface area contributed by atoms with Crippen LogP contribution in [0.2, 0.25) is 5.02 Å². The van der Waals surface area contributed by atoms with Crippen LogP contribution in [0.25, 0.3) is 21.3 Å². The Labute approximate surface area is 195 Å². The molecule has 1 amide bonds. The van der Waals surface area contributed by atoms with Gasteiger partial charge in [0.2, 0.25) is 5.91 Å². The fourth-order valence-electron chi connectivity index (χ4n) is 4.09. The molecule has 0 spiro atoms. The van der Waals surface area contributed by atoms with Gasteiger partial charge in [-0.05, 0) is 63.4 Å². The third-order valence-electron chi connectivity index (χ3n) is 5.67. The molecule has 0 radical (unpaired) electrons. The van der Waals surface area contributed by atoms with E-state index in [1.54, 1.807) is 19.1 Å². The molecule has 5 nitrogen and oxygen atoms in total. The average molecular weight is 466 g/mol. The van der Waals surface area contributed by atoms with Crippen LogP contribution in [0.1, 0.15) is 34.5 Å². The Hall–Kier alpha value is -2.96. The summed E-state index contributed by atoms with van der Waals surface area (Å²) in [7, 11) is 0. The first kappa shape index (κ1) is 22.2. The van der Waals surface area contributed by atoms with E-state index in [-0.39, 0.29) is 11.5 Å². The molecule has 0 fully saturated rings. The average Bonchev–Trinajstić information content (AvgIpc) is 3.07.